The molecule has 0 aromatic heterocycles. The normalized spacial score (nSPS) is 13.3. The summed E-state index contributed by atoms with van der Waals surface area (Å²) in [7, 11) is -4.51. The average molecular weight is 563 g/mol. The Morgan fingerprint density at radius 3 is 1.51 bits per heavy atom. The van der Waals surface area contributed by atoms with Crippen molar-refractivity contribution in [3.05, 3.63) is 156 Å². The Kier molecular flexibility index (Phi) is 7.91. The van der Waals surface area contributed by atoms with E-state index in [-0.39, 0.29) is 22.3 Å². The molecule has 0 aliphatic carbocycles. The van der Waals surface area contributed by atoms with Gasteiger partial charge in [-0.1, -0.05) is 137 Å². The van der Waals surface area contributed by atoms with Crippen molar-refractivity contribution < 1.29 is 18.5 Å². The summed E-state index contributed by atoms with van der Waals surface area (Å²) >= 11 is 0. The highest BCUT2D eigenvalue weighted by Crippen LogP contribution is 2.48. The van der Waals surface area contributed by atoms with Crippen LogP contribution in [0.15, 0.2) is 133 Å². The van der Waals surface area contributed by atoms with Gasteiger partial charge in [0, 0.05) is 16.4 Å². The van der Waals surface area contributed by atoms with Crippen LogP contribution < -0.4 is 9.05 Å². The van der Waals surface area contributed by atoms with Crippen LogP contribution in [-0.2, 0) is 15.4 Å². The first-order valence-electron chi connectivity index (χ1n) is 13.7. The monoisotopic (exact) mass is 562 g/mol. The van der Waals surface area contributed by atoms with E-state index in [1.54, 1.807) is 18.2 Å². The van der Waals surface area contributed by atoms with E-state index in [1.807, 2.05) is 91.0 Å². The second-order valence-corrected chi connectivity index (χ2v) is 12.5. The summed E-state index contributed by atoms with van der Waals surface area (Å²) in [5.41, 5.74) is 5.52. The van der Waals surface area contributed by atoms with E-state index >= 15 is 0 Å². The molecule has 5 heteroatoms. The molecule has 1 atom stereocenters. The highest BCUT2D eigenvalue weighted by molar-refractivity contribution is 7.48. The molecular formula is C36H35O4P. The van der Waals surface area contributed by atoms with Gasteiger partial charge in [-0.3, -0.25) is 4.89 Å². The summed E-state index contributed by atoms with van der Waals surface area (Å²) in [5, 5.41) is 0. The second-order valence-electron chi connectivity index (χ2n) is 11.2. The van der Waals surface area contributed by atoms with E-state index in [0.717, 1.165) is 16.7 Å². The number of phosphoric ester groups is 1. The third-order valence-corrected chi connectivity index (χ3v) is 8.66. The molecule has 5 rings (SSSR count). The SMILES string of the molecule is CC(C)(c1ccccc1)c1ccc(OP(=O)(O)Oc2ccc(C(C)(C)c3ccccc3)cc2-c2ccccc2)cc1. The lowest BCUT2D eigenvalue weighted by Crippen LogP contribution is -2.19. The molecular weight excluding hydrogens is 527 g/mol. The van der Waals surface area contributed by atoms with Gasteiger partial charge in [-0.15, -0.1) is 0 Å². The van der Waals surface area contributed by atoms with Crippen molar-refractivity contribution in [3.8, 4) is 22.6 Å². The molecule has 208 valence electrons. The molecule has 0 spiro atoms. The van der Waals surface area contributed by atoms with Crippen molar-refractivity contribution in [1.29, 1.82) is 0 Å². The number of phosphoric acid groups is 1. The van der Waals surface area contributed by atoms with Gasteiger partial charge in [-0.2, -0.15) is 0 Å². The van der Waals surface area contributed by atoms with Gasteiger partial charge in [-0.05, 0) is 52.1 Å². The van der Waals surface area contributed by atoms with Gasteiger partial charge in [-0.25, -0.2) is 4.57 Å². The fourth-order valence-electron chi connectivity index (χ4n) is 5.09. The molecule has 0 fully saturated rings. The first kappa shape index (κ1) is 28.4. The Morgan fingerprint density at radius 2 is 0.976 bits per heavy atom. The Balaban J connectivity index is 1.42. The largest absolute Gasteiger partial charge is 0.584 e. The van der Waals surface area contributed by atoms with Crippen LogP contribution >= 0.6 is 7.82 Å². The highest BCUT2D eigenvalue weighted by atomic mass is 31.2. The van der Waals surface area contributed by atoms with Crippen molar-refractivity contribution in [3.63, 3.8) is 0 Å². The molecule has 5 aromatic rings. The maximum absolute atomic E-state index is 13.3. The maximum atomic E-state index is 13.3. The lowest BCUT2D eigenvalue weighted by atomic mass is 9.77. The fourth-order valence-corrected chi connectivity index (χ4v) is 5.93. The third-order valence-electron chi connectivity index (χ3n) is 7.79. The van der Waals surface area contributed by atoms with Crippen LogP contribution in [-0.4, -0.2) is 4.89 Å². The van der Waals surface area contributed by atoms with Crippen LogP contribution in [0.5, 0.6) is 11.5 Å². The number of hydrogen-bond acceptors (Lipinski definition) is 3. The smallest absolute Gasteiger partial charge is 0.395 e. The van der Waals surface area contributed by atoms with Crippen molar-refractivity contribution in [2.45, 2.75) is 38.5 Å². The lowest BCUT2D eigenvalue weighted by Gasteiger charge is -2.27. The number of rotatable bonds is 9. The zero-order valence-electron chi connectivity index (χ0n) is 23.8. The van der Waals surface area contributed by atoms with Crippen molar-refractivity contribution in [1.82, 2.24) is 0 Å². The fraction of sp³-hybridized carbons (Fsp3) is 0.167. The molecule has 0 saturated carbocycles. The summed E-state index contributed by atoms with van der Waals surface area (Å²) < 4.78 is 24.5. The van der Waals surface area contributed by atoms with Crippen LogP contribution in [0.3, 0.4) is 0 Å². The van der Waals surface area contributed by atoms with E-state index in [1.165, 1.54) is 11.1 Å². The summed E-state index contributed by atoms with van der Waals surface area (Å²) in [6.45, 7) is 8.61. The number of hydrogen-bond donors (Lipinski definition) is 1. The molecule has 0 amide bonds. The summed E-state index contributed by atoms with van der Waals surface area (Å²) in [4.78, 5) is 10.8. The summed E-state index contributed by atoms with van der Waals surface area (Å²) in [6.07, 6.45) is 0. The van der Waals surface area contributed by atoms with Crippen LogP contribution in [0.25, 0.3) is 11.1 Å². The second kappa shape index (κ2) is 11.4. The van der Waals surface area contributed by atoms with Crippen molar-refractivity contribution >= 4 is 7.82 Å². The lowest BCUT2D eigenvalue weighted by molar-refractivity contribution is 0.291. The molecule has 0 radical (unpaired) electrons. The van der Waals surface area contributed by atoms with E-state index in [0.29, 0.717) is 5.56 Å². The minimum Gasteiger partial charge on any atom is -0.395 e. The average Bonchev–Trinajstić information content (AvgIpc) is 2.98. The van der Waals surface area contributed by atoms with Gasteiger partial charge in [0.2, 0.25) is 0 Å². The molecule has 0 aliphatic rings. The van der Waals surface area contributed by atoms with Crippen molar-refractivity contribution in [2.75, 3.05) is 0 Å². The standard InChI is InChI=1S/C36H35O4P/c1-35(2,28-16-10-6-11-17-28)30-20-23-32(24-21-30)39-41(37,38)40-34-25-22-31(26-33(34)27-14-8-5-9-15-27)36(3,4)29-18-12-7-13-19-29/h5-26H,1-4H3,(H,37,38). The Morgan fingerprint density at radius 1 is 0.537 bits per heavy atom. The molecule has 1 unspecified atom stereocenters. The Hall–Kier alpha value is -4.11. The molecule has 0 aliphatic heterocycles. The van der Waals surface area contributed by atoms with Crippen LogP contribution in [0.4, 0.5) is 0 Å². The van der Waals surface area contributed by atoms with Gasteiger partial charge in [0.25, 0.3) is 0 Å². The zero-order chi connectivity index (χ0) is 29.1. The van der Waals surface area contributed by atoms with E-state index in [9.17, 15) is 9.46 Å². The summed E-state index contributed by atoms with van der Waals surface area (Å²) in [5.74, 6) is 0.531. The van der Waals surface area contributed by atoms with Gasteiger partial charge >= 0.3 is 7.82 Å². The first-order valence-corrected chi connectivity index (χ1v) is 15.2. The van der Waals surface area contributed by atoms with Gasteiger partial charge in [0.15, 0.2) is 0 Å². The molecule has 0 bridgehead atoms. The van der Waals surface area contributed by atoms with E-state index in [2.05, 4.69) is 52.0 Å². The Labute approximate surface area is 242 Å². The third kappa shape index (κ3) is 6.30. The minimum absolute atomic E-state index is 0.237. The number of benzene rings is 5. The molecule has 41 heavy (non-hydrogen) atoms. The topological polar surface area (TPSA) is 55.8 Å². The zero-order valence-corrected chi connectivity index (χ0v) is 24.7. The molecule has 5 aromatic carbocycles. The Bertz CT molecular complexity index is 1650. The van der Waals surface area contributed by atoms with Gasteiger partial charge < -0.3 is 9.05 Å². The van der Waals surface area contributed by atoms with Crippen LogP contribution in [0.1, 0.15) is 49.9 Å². The molecule has 0 heterocycles. The quantitative estimate of drug-likeness (QED) is 0.182. The minimum atomic E-state index is -4.51. The van der Waals surface area contributed by atoms with Gasteiger partial charge in [0.05, 0.1) is 0 Å². The molecule has 0 saturated heterocycles. The van der Waals surface area contributed by atoms with E-state index < -0.39 is 7.82 Å². The predicted octanol–water partition coefficient (Wildman–Crippen LogP) is 9.56. The van der Waals surface area contributed by atoms with Crippen molar-refractivity contribution in [2.24, 2.45) is 0 Å². The van der Waals surface area contributed by atoms with Crippen LogP contribution in [0.2, 0.25) is 0 Å². The maximum Gasteiger partial charge on any atom is 0.584 e. The summed E-state index contributed by atoms with van der Waals surface area (Å²) in [6, 6.07) is 43.2. The molecule has 1 N–H and O–H groups in total. The highest BCUT2D eigenvalue weighted by Gasteiger charge is 2.30. The molecule has 4 nitrogen and oxygen atoms in total. The van der Waals surface area contributed by atoms with Crippen LogP contribution in [0, 0.1) is 0 Å². The van der Waals surface area contributed by atoms with Gasteiger partial charge in [0.1, 0.15) is 11.5 Å². The predicted molar refractivity (Wildman–Crippen MR) is 167 cm³/mol. The van der Waals surface area contributed by atoms with E-state index in [4.69, 9.17) is 9.05 Å². The first-order chi connectivity index (χ1) is 19.6.